The number of H-pyrrole nitrogens is 1. The average Bonchev–Trinajstić information content (AvgIpc) is 3.05. The summed E-state index contributed by atoms with van der Waals surface area (Å²) in [5.41, 5.74) is 0.373. The van der Waals surface area contributed by atoms with E-state index in [1.165, 1.54) is 63.0 Å². The highest BCUT2D eigenvalue weighted by molar-refractivity contribution is 5.18. The Morgan fingerprint density at radius 1 is 0.944 bits per heavy atom. The van der Waals surface area contributed by atoms with E-state index in [0.717, 1.165) is 17.8 Å². The van der Waals surface area contributed by atoms with Gasteiger partial charge in [0.05, 0.1) is 0 Å². The first-order valence-electron chi connectivity index (χ1n) is 7.73. The second kappa shape index (κ2) is 3.17. The van der Waals surface area contributed by atoms with Crippen LogP contribution in [-0.2, 0) is 5.41 Å². The van der Waals surface area contributed by atoms with Gasteiger partial charge < -0.3 is 0 Å². The minimum Gasteiger partial charge on any atom is -0.263 e. The number of rotatable bonds is 2. The highest BCUT2D eigenvalue weighted by Gasteiger charge is 2.53. The van der Waals surface area contributed by atoms with Crippen LogP contribution in [0.1, 0.15) is 68.9 Å². The zero-order valence-corrected chi connectivity index (χ0v) is 10.9. The number of nitrogens with zero attached hydrogens (tertiary/aromatic N) is 2. The monoisotopic (exact) mass is 243 g/mol. The molecule has 1 N–H and O–H groups in total. The standard InChI is InChI=1S/C15H21N3/c1-2-12(1)13-16-14(18-17-13)15-6-9-3-10(7-15)5-11(4-9)8-15/h9-12H,1-8H2,(H,16,17,18). The van der Waals surface area contributed by atoms with Crippen molar-refractivity contribution in [2.45, 2.75) is 62.7 Å². The van der Waals surface area contributed by atoms with Gasteiger partial charge in [0.25, 0.3) is 0 Å². The van der Waals surface area contributed by atoms with E-state index in [1.54, 1.807) is 0 Å². The molecule has 5 fully saturated rings. The molecule has 0 aliphatic heterocycles. The van der Waals surface area contributed by atoms with Crippen LogP contribution >= 0.6 is 0 Å². The first-order chi connectivity index (χ1) is 8.81. The Kier molecular flexibility index (Phi) is 1.76. The Bertz CT molecular complexity index is 450. The van der Waals surface area contributed by atoms with E-state index in [1.807, 2.05) is 0 Å². The summed E-state index contributed by atoms with van der Waals surface area (Å²) in [6.07, 6.45) is 11.3. The van der Waals surface area contributed by atoms with Crippen molar-refractivity contribution in [3.8, 4) is 0 Å². The number of aromatic nitrogens is 3. The normalized spacial score (nSPS) is 45.7. The summed E-state index contributed by atoms with van der Waals surface area (Å²) in [6, 6.07) is 0. The molecule has 0 spiro atoms. The third kappa shape index (κ3) is 1.31. The highest BCUT2D eigenvalue weighted by Crippen LogP contribution is 2.60. The van der Waals surface area contributed by atoms with Gasteiger partial charge in [0.2, 0.25) is 0 Å². The van der Waals surface area contributed by atoms with Crippen LogP contribution in [0.4, 0.5) is 0 Å². The van der Waals surface area contributed by atoms with E-state index in [0.29, 0.717) is 11.3 Å². The van der Waals surface area contributed by atoms with E-state index in [2.05, 4.69) is 10.2 Å². The summed E-state index contributed by atoms with van der Waals surface area (Å²) in [6.45, 7) is 0. The Morgan fingerprint density at radius 2 is 1.56 bits per heavy atom. The van der Waals surface area contributed by atoms with Crippen LogP contribution in [0.15, 0.2) is 0 Å². The quantitative estimate of drug-likeness (QED) is 0.867. The van der Waals surface area contributed by atoms with Crippen molar-refractivity contribution in [3.05, 3.63) is 11.6 Å². The van der Waals surface area contributed by atoms with Crippen LogP contribution in [0, 0.1) is 17.8 Å². The second-order valence-electron chi connectivity index (χ2n) is 7.52. The van der Waals surface area contributed by atoms with Crippen molar-refractivity contribution < 1.29 is 0 Å². The van der Waals surface area contributed by atoms with Crippen LogP contribution in [0.3, 0.4) is 0 Å². The van der Waals surface area contributed by atoms with Crippen molar-refractivity contribution in [2.75, 3.05) is 0 Å². The molecular weight excluding hydrogens is 222 g/mol. The molecule has 0 unspecified atom stereocenters. The van der Waals surface area contributed by atoms with Crippen molar-refractivity contribution in [3.63, 3.8) is 0 Å². The molecule has 0 atom stereocenters. The molecule has 1 heterocycles. The van der Waals surface area contributed by atoms with Gasteiger partial charge >= 0.3 is 0 Å². The van der Waals surface area contributed by atoms with Crippen molar-refractivity contribution in [1.82, 2.24) is 15.2 Å². The topological polar surface area (TPSA) is 41.6 Å². The summed E-state index contributed by atoms with van der Waals surface area (Å²) < 4.78 is 0. The predicted molar refractivity (Wildman–Crippen MR) is 68.2 cm³/mol. The van der Waals surface area contributed by atoms with Crippen LogP contribution in [-0.4, -0.2) is 15.2 Å². The molecule has 0 amide bonds. The zero-order chi connectivity index (χ0) is 11.7. The van der Waals surface area contributed by atoms with E-state index < -0.39 is 0 Å². The Hall–Kier alpha value is -0.860. The molecule has 5 aliphatic rings. The largest absolute Gasteiger partial charge is 0.263 e. The lowest BCUT2D eigenvalue weighted by atomic mass is 9.49. The molecular formula is C15H21N3. The number of aromatic amines is 1. The maximum absolute atomic E-state index is 4.90. The molecule has 0 saturated heterocycles. The van der Waals surface area contributed by atoms with Crippen LogP contribution in [0.25, 0.3) is 0 Å². The van der Waals surface area contributed by atoms with Gasteiger partial charge in [-0.3, -0.25) is 5.10 Å². The number of nitrogens with one attached hydrogen (secondary N) is 1. The van der Waals surface area contributed by atoms with E-state index in [-0.39, 0.29) is 0 Å². The van der Waals surface area contributed by atoms with Gasteiger partial charge in [-0.1, -0.05) is 0 Å². The minimum atomic E-state index is 0.373. The van der Waals surface area contributed by atoms with Crippen molar-refractivity contribution in [1.29, 1.82) is 0 Å². The van der Waals surface area contributed by atoms with E-state index in [9.17, 15) is 0 Å². The van der Waals surface area contributed by atoms with Gasteiger partial charge in [-0.2, -0.15) is 5.10 Å². The molecule has 3 heteroatoms. The lowest BCUT2D eigenvalue weighted by Crippen LogP contribution is -2.49. The minimum absolute atomic E-state index is 0.373. The van der Waals surface area contributed by atoms with Gasteiger partial charge in [0, 0.05) is 11.3 Å². The number of hydrogen-bond acceptors (Lipinski definition) is 2. The van der Waals surface area contributed by atoms with Gasteiger partial charge in [-0.25, -0.2) is 4.98 Å². The molecule has 1 aromatic rings. The predicted octanol–water partition coefficient (Wildman–Crippen LogP) is 3.15. The van der Waals surface area contributed by atoms with Gasteiger partial charge in [0.1, 0.15) is 5.82 Å². The molecule has 0 aromatic carbocycles. The molecule has 5 saturated carbocycles. The molecule has 1 aromatic heterocycles. The molecule has 96 valence electrons. The maximum Gasteiger partial charge on any atom is 0.156 e. The molecule has 0 radical (unpaired) electrons. The summed E-state index contributed by atoms with van der Waals surface area (Å²) in [4.78, 5) is 4.90. The molecule has 5 aliphatic carbocycles. The second-order valence-corrected chi connectivity index (χ2v) is 7.52. The SMILES string of the molecule is C1C2CC3CC1CC(c1n[nH]c(C4CC4)n1)(C2)C3. The van der Waals surface area contributed by atoms with Crippen molar-refractivity contribution in [2.24, 2.45) is 17.8 Å². The maximum atomic E-state index is 4.90. The summed E-state index contributed by atoms with van der Waals surface area (Å²) in [5, 5.41) is 7.86. The fourth-order valence-electron chi connectivity index (χ4n) is 5.44. The summed E-state index contributed by atoms with van der Waals surface area (Å²) in [7, 11) is 0. The van der Waals surface area contributed by atoms with Gasteiger partial charge in [-0.05, 0) is 69.1 Å². The summed E-state index contributed by atoms with van der Waals surface area (Å²) >= 11 is 0. The molecule has 3 nitrogen and oxygen atoms in total. The number of hydrogen-bond donors (Lipinski definition) is 1. The van der Waals surface area contributed by atoms with E-state index >= 15 is 0 Å². The first-order valence-corrected chi connectivity index (χ1v) is 7.73. The smallest absolute Gasteiger partial charge is 0.156 e. The Balaban J connectivity index is 1.53. The lowest BCUT2D eigenvalue weighted by Gasteiger charge is -2.55. The third-order valence-corrected chi connectivity index (χ3v) is 5.98. The Morgan fingerprint density at radius 3 is 2.11 bits per heavy atom. The fourth-order valence-corrected chi connectivity index (χ4v) is 5.44. The highest BCUT2D eigenvalue weighted by atomic mass is 15.2. The van der Waals surface area contributed by atoms with E-state index in [4.69, 9.17) is 4.98 Å². The van der Waals surface area contributed by atoms with Crippen LogP contribution < -0.4 is 0 Å². The van der Waals surface area contributed by atoms with Crippen LogP contribution in [0.5, 0.6) is 0 Å². The average molecular weight is 243 g/mol. The zero-order valence-electron chi connectivity index (χ0n) is 10.9. The fraction of sp³-hybridized carbons (Fsp3) is 0.867. The molecule has 18 heavy (non-hydrogen) atoms. The Labute approximate surface area is 108 Å². The van der Waals surface area contributed by atoms with Crippen LogP contribution in [0.2, 0.25) is 0 Å². The van der Waals surface area contributed by atoms with Gasteiger partial charge in [-0.15, -0.1) is 0 Å². The lowest BCUT2D eigenvalue weighted by molar-refractivity contribution is -0.00925. The van der Waals surface area contributed by atoms with Gasteiger partial charge in [0.15, 0.2) is 5.82 Å². The molecule has 4 bridgehead atoms. The van der Waals surface area contributed by atoms with Crippen molar-refractivity contribution >= 4 is 0 Å². The first kappa shape index (κ1) is 9.99. The third-order valence-electron chi connectivity index (χ3n) is 5.98. The molecule has 6 rings (SSSR count). The summed E-state index contributed by atoms with van der Waals surface area (Å²) in [5.74, 6) is 6.03.